The molecule has 30 heavy (non-hydrogen) atoms. The number of methoxy groups -OCH3 is 1. The first-order chi connectivity index (χ1) is 14.1. The SMILES string of the molecule is COc1ccc(Br)c(CC2CCN(CCC3CCC(NC(=O)CO)CC3)CC2)c1.Cl. The minimum atomic E-state index is -0.398. The fourth-order valence-electron chi connectivity index (χ4n) is 4.79. The molecule has 1 aromatic carbocycles. The van der Waals surface area contributed by atoms with Gasteiger partial charge in [0.25, 0.3) is 0 Å². The van der Waals surface area contributed by atoms with Gasteiger partial charge >= 0.3 is 0 Å². The highest BCUT2D eigenvalue weighted by atomic mass is 79.9. The van der Waals surface area contributed by atoms with Crippen LogP contribution in [0.1, 0.15) is 50.5 Å². The Bertz CT molecular complexity index is 660. The van der Waals surface area contributed by atoms with Gasteiger partial charge in [-0.15, -0.1) is 12.4 Å². The Kier molecular flexibility index (Phi) is 10.9. The lowest BCUT2D eigenvalue weighted by Crippen LogP contribution is -2.40. The van der Waals surface area contributed by atoms with Crippen LogP contribution < -0.4 is 10.1 Å². The summed E-state index contributed by atoms with van der Waals surface area (Å²) in [5, 5.41) is 11.8. The highest BCUT2D eigenvalue weighted by molar-refractivity contribution is 9.10. The number of nitrogens with one attached hydrogen (secondary N) is 1. The number of halogens is 2. The van der Waals surface area contributed by atoms with E-state index >= 15 is 0 Å². The average Bonchev–Trinajstić information content (AvgIpc) is 2.75. The molecule has 1 amide bonds. The molecule has 1 heterocycles. The molecule has 0 radical (unpaired) electrons. The summed E-state index contributed by atoms with van der Waals surface area (Å²) >= 11 is 3.69. The molecule has 0 spiro atoms. The number of aliphatic hydroxyl groups excluding tert-OH is 1. The molecule has 1 aliphatic heterocycles. The summed E-state index contributed by atoms with van der Waals surface area (Å²) in [7, 11) is 1.73. The first-order valence-corrected chi connectivity index (χ1v) is 11.8. The molecule has 2 aliphatic rings. The minimum Gasteiger partial charge on any atom is -0.497 e. The molecule has 0 unspecified atom stereocenters. The molecule has 3 rings (SSSR count). The van der Waals surface area contributed by atoms with Crippen LogP contribution in [0.4, 0.5) is 0 Å². The molecule has 1 aromatic rings. The van der Waals surface area contributed by atoms with Crippen molar-refractivity contribution in [1.82, 2.24) is 10.2 Å². The third kappa shape index (κ3) is 7.70. The molecule has 1 saturated carbocycles. The zero-order valence-corrected chi connectivity index (χ0v) is 20.3. The van der Waals surface area contributed by atoms with Crippen molar-refractivity contribution in [3.05, 3.63) is 28.2 Å². The van der Waals surface area contributed by atoms with E-state index in [0.29, 0.717) is 0 Å². The molecular formula is C23H36BrClN2O3. The van der Waals surface area contributed by atoms with Gasteiger partial charge in [-0.05, 0) is 107 Å². The van der Waals surface area contributed by atoms with Crippen LogP contribution in [0.25, 0.3) is 0 Å². The zero-order chi connectivity index (χ0) is 20.6. The predicted molar refractivity (Wildman–Crippen MR) is 126 cm³/mol. The van der Waals surface area contributed by atoms with Gasteiger partial charge < -0.3 is 20.1 Å². The summed E-state index contributed by atoms with van der Waals surface area (Å²) in [6.45, 7) is 3.21. The summed E-state index contributed by atoms with van der Waals surface area (Å²) in [5.74, 6) is 2.23. The van der Waals surface area contributed by atoms with Crippen molar-refractivity contribution in [3.8, 4) is 5.75 Å². The summed E-state index contributed by atoms with van der Waals surface area (Å²) < 4.78 is 6.56. The lowest BCUT2D eigenvalue weighted by atomic mass is 9.83. The topological polar surface area (TPSA) is 61.8 Å². The fraction of sp³-hybridized carbons (Fsp3) is 0.696. The standard InChI is InChI=1S/C23H35BrN2O3.ClH/c1-29-21-6-7-22(24)19(15-21)14-18-9-12-26(13-10-18)11-8-17-2-4-20(5-3-17)25-23(28)16-27;/h6-7,15,17-18,20,27H,2-5,8-14,16H2,1H3,(H,25,28);1H. The van der Waals surface area contributed by atoms with Crippen molar-refractivity contribution < 1.29 is 14.6 Å². The summed E-state index contributed by atoms with van der Waals surface area (Å²) in [5.41, 5.74) is 1.35. The maximum Gasteiger partial charge on any atom is 0.245 e. The number of likely N-dealkylation sites (tertiary alicyclic amines) is 1. The van der Waals surface area contributed by atoms with Crippen LogP contribution in [0, 0.1) is 11.8 Å². The Morgan fingerprint density at radius 3 is 2.50 bits per heavy atom. The van der Waals surface area contributed by atoms with Crippen LogP contribution >= 0.6 is 28.3 Å². The fourth-order valence-corrected chi connectivity index (χ4v) is 5.20. The molecule has 170 valence electrons. The second-order valence-electron chi connectivity index (χ2n) is 8.68. The van der Waals surface area contributed by atoms with E-state index < -0.39 is 6.61 Å². The molecule has 2 fully saturated rings. The van der Waals surface area contributed by atoms with Gasteiger partial charge in [-0.25, -0.2) is 0 Å². The number of rotatable bonds is 8. The van der Waals surface area contributed by atoms with Crippen LogP contribution in [0.15, 0.2) is 22.7 Å². The smallest absolute Gasteiger partial charge is 0.245 e. The van der Waals surface area contributed by atoms with Gasteiger partial charge in [0.2, 0.25) is 5.91 Å². The van der Waals surface area contributed by atoms with Crippen molar-refractivity contribution in [2.24, 2.45) is 11.8 Å². The van der Waals surface area contributed by atoms with E-state index in [1.807, 2.05) is 6.07 Å². The number of carbonyl (C=O) groups excluding carboxylic acids is 1. The molecule has 0 aromatic heterocycles. The van der Waals surface area contributed by atoms with Crippen molar-refractivity contribution >= 4 is 34.2 Å². The van der Waals surface area contributed by atoms with Crippen LogP contribution in [-0.4, -0.2) is 55.3 Å². The Balaban J connectivity index is 0.00000320. The van der Waals surface area contributed by atoms with Crippen LogP contribution in [0.2, 0.25) is 0 Å². The number of nitrogens with zero attached hydrogens (tertiary/aromatic N) is 1. The Morgan fingerprint density at radius 2 is 1.87 bits per heavy atom. The first kappa shape index (κ1) is 25.4. The molecule has 2 N–H and O–H groups in total. The Hall–Kier alpha value is -0.820. The third-order valence-corrected chi connectivity index (χ3v) is 7.45. The monoisotopic (exact) mass is 502 g/mol. The van der Waals surface area contributed by atoms with Crippen molar-refractivity contribution in [2.75, 3.05) is 33.4 Å². The second-order valence-corrected chi connectivity index (χ2v) is 9.53. The van der Waals surface area contributed by atoms with Crippen LogP contribution in [0.3, 0.4) is 0 Å². The molecule has 0 atom stereocenters. The highest BCUT2D eigenvalue weighted by Gasteiger charge is 2.24. The van der Waals surface area contributed by atoms with Gasteiger partial charge in [0, 0.05) is 10.5 Å². The highest BCUT2D eigenvalue weighted by Crippen LogP contribution is 2.30. The van der Waals surface area contributed by atoms with E-state index in [1.54, 1.807) is 7.11 Å². The van der Waals surface area contributed by atoms with Gasteiger partial charge in [0.15, 0.2) is 0 Å². The first-order valence-electron chi connectivity index (χ1n) is 11.0. The number of piperidine rings is 1. The summed E-state index contributed by atoms with van der Waals surface area (Å²) in [6.07, 6.45) is 9.41. The van der Waals surface area contributed by atoms with E-state index in [-0.39, 0.29) is 24.4 Å². The average molecular weight is 504 g/mol. The minimum absolute atomic E-state index is 0. The zero-order valence-electron chi connectivity index (χ0n) is 17.9. The summed E-state index contributed by atoms with van der Waals surface area (Å²) in [6, 6.07) is 6.52. The largest absolute Gasteiger partial charge is 0.497 e. The number of ether oxygens (including phenoxy) is 1. The predicted octanol–water partition coefficient (Wildman–Crippen LogP) is 4.19. The van der Waals surface area contributed by atoms with E-state index in [2.05, 4.69) is 38.3 Å². The molecular weight excluding hydrogens is 468 g/mol. The number of amides is 1. The maximum absolute atomic E-state index is 11.3. The van der Waals surface area contributed by atoms with Crippen LogP contribution in [0.5, 0.6) is 5.75 Å². The molecule has 0 bridgehead atoms. The van der Waals surface area contributed by atoms with Gasteiger partial charge in [0.05, 0.1) is 7.11 Å². The van der Waals surface area contributed by atoms with Crippen molar-refractivity contribution in [3.63, 3.8) is 0 Å². The number of carbonyl (C=O) groups is 1. The Morgan fingerprint density at radius 1 is 1.17 bits per heavy atom. The number of benzene rings is 1. The van der Waals surface area contributed by atoms with E-state index in [0.717, 1.165) is 36.8 Å². The van der Waals surface area contributed by atoms with Gasteiger partial charge in [-0.3, -0.25) is 4.79 Å². The molecule has 7 heteroatoms. The van der Waals surface area contributed by atoms with Crippen molar-refractivity contribution in [1.29, 1.82) is 0 Å². The van der Waals surface area contributed by atoms with Gasteiger partial charge in [-0.1, -0.05) is 15.9 Å². The van der Waals surface area contributed by atoms with E-state index in [1.165, 1.54) is 61.8 Å². The lowest BCUT2D eigenvalue weighted by molar-refractivity contribution is -0.124. The molecule has 1 aliphatic carbocycles. The van der Waals surface area contributed by atoms with Crippen LogP contribution in [-0.2, 0) is 11.2 Å². The Labute approximate surface area is 195 Å². The molecule has 1 saturated heterocycles. The summed E-state index contributed by atoms with van der Waals surface area (Å²) in [4.78, 5) is 13.9. The third-order valence-electron chi connectivity index (χ3n) is 6.68. The van der Waals surface area contributed by atoms with Gasteiger partial charge in [-0.2, -0.15) is 0 Å². The van der Waals surface area contributed by atoms with Crippen molar-refractivity contribution in [2.45, 2.75) is 57.4 Å². The number of aliphatic hydroxyl groups is 1. The second kappa shape index (κ2) is 12.9. The van der Waals surface area contributed by atoms with E-state index in [9.17, 15) is 4.79 Å². The van der Waals surface area contributed by atoms with Gasteiger partial charge in [0.1, 0.15) is 12.4 Å². The number of hydrogen-bond donors (Lipinski definition) is 2. The molecule has 5 nitrogen and oxygen atoms in total. The number of hydrogen-bond acceptors (Lipinski definition) is 4. The lowest BCUT2D eigenvalue weighted by Gasteiger charge is -2.34. The quantitative estimate of drug-likeness (QED) is 0.558. The van der Waals surface area contributed by atoms with E-state index in [4.69, 9.17) is 9.84 Å². The maximum atomic E-state index is 11.3. The normalized spacial score (nSPS) is 22.9.